The smallest absolute Gasteiger partial charge is 0.326 e. The zero-order valence-corrected chi connectivity index (χ0v) is 9.50. The van der Waals surface area contributed by atoms with Crippen LogP contribution in [-0.2, 0) is 9.59 Å². The van der Waals surface area contributed by atoms with Crippen LogP contribution >= 0.6 is 0 Å². The Bertz CT molecular complexity index is 236. The Hall–Kier alpha value is -1.06. The van der Waals surface area contributed by atoms with Gasteiger partial charge in [0.25, 0.3) is 0 Å². The molecule has 1 atom stereocenters. The summed E-state index contributed by atoms with van der Waals surface area (Å²) in [5, 5.41) is 8.87. The highest BCUT2D eigenvalue weighted by atomic mass is 16.4. The molecule has 0 heterocycles. The second-order valence-electron chi connectivity index (χ2n) is 4.07. The lowest BCUT2D eigenvalue weighted by molar-refractivity contribution is -0.153. The normalized spacial score (nSPS) is 13.5. The maximum Gasteiger partial charge on any atom is 0.326 e. The first-order valence-electron chi connectivity index (χ1n) is 4.76. The Balaban J connectivity index is 4.96. The Morgan fingerprint density at radius 3 is 2.07 bits per heavy atom. The number of carboxylic acid groups (broad SMARTS) is 1. The average Bonchev–Trinajstić information content (AvgIpc) is 2.03. The van der Waals surface area contributed by atoms with E-state index in [0.29, 0.717) is 0 Å². The lowest BCUT2D eigenvalue weighted by Gasteiger charge is -2.40. The predicted molar refractivity (Wildman–Crippen MR) is 54.0 cm³/mol. The van der Waals surface area contributed by atoms with E-state index in [4.69, 9.17) is 5.11 Å². The SMILES string of the molecule is CCC(C)(C)N(C(C)=O)C(C)C(=O)O. The molecule has 4 nitrogen and oxygen atoms in total. The van der Waals surface area contributed by atoms with Crippen molar-refractivity contribution in [1.82, 2.24) is 4.90 Å². The minimum absolute atomic E-state index is 0.202. The van der Waals surface area contributed by atoms with Crippen molar-refractivity contribution in [2.45, 2.75) is 52.6 Å². The molecular weight excluding hydrogens is 182 g/mol. The molecule has 1 N–H and O–H groups in total. The molecule has 0 aromatic rings. The van der Waals surface area contributed by atoms with Gasteiger partial charge in [0.1, 0.15) is 6.04 Å². The van der Waals surface area contributed by atoms with Crippen LogP contribution in [0.1, 0.15) is 41.0 Å². The van der Waals surface area contributed by atoms with Gasteiger partial charge in [-0.05, 0) is 27.2 Å². The third kappa shape index (κ3) is 2.72. The fourth-order valence-electron chi connectivity index (χ4n) is 1.50. The van der Waals surface area contributed by atoms with Crippen LogP contribution in [0.2, 0.25) is 0 Å². The highest BCUT2D eigenvalue weighted by Crippen LogP contribution is 2.21. The van der Waals surface area contributed by atoms with Gasteiger partial charge >= 0.3 is 5.97 Å². The van der Waals surface area contributed by atoms with Gasteiger partial charge in [-0.25, -0.2) is 4.79 Å². The van der Waals surface area contributed by atoms with Gasteiger partial charge in [0, 0.05) is 12.5 Å². The molecule has 14 heavy (non-hydrogen) atoms. The van der Waals surface area contributed by atoms with E-state index in [-0.39, 0.29) is 5.91 Å². The zero-order chi connectivity index (χ0) is 11.5. The van der Waals surface area contributed by atoms with Gasteiger partial charge < -0.3 is 10.0 Å². The van der Waals surface area contributed by atoms with E-state index < -0.39 is 17.6 Å². The van der Waals surface area contributed by atoms with Crippen LogP contribution in [0.3, 0.4) is 0 Å². The highest BCUT2D eigenvalue weighted by Gasteiger charge is 2.34. The molecule has 0 saturated carbocycles. The second kappa shape index (κ2) is 4.44. The fourth-order valence-corrected chi connectivity index (χ4v) is 1.50. The molecule has 0 aliphatic rings. The zero-order valence-electron chi connectivity index (χ0n) is 9.50. The van der Waals surface area contributed by atoms with Crippen LogP contribution < -0.4 is 0 Å². The first-order chi connectivity index (χ1) is 6.24. The summed E-state index contributed by atoms with van der Waals surface area (Å²) >= 11 is 0. The first-order valence-corrected chi connectivity index (χ1v) is 4.76. The Kier molecular flexibility index (Phi) is 4.10. The average molecular weight is 201 g/mol. The molecule has 0 rings (SSSR count). The van der Waals surface area contributed by atoms with Crippen molar-refractivity contribution in [3.63, 3.8) is 0 Å². The molecule has 0 spiro atoms. The van der Waals surface area contributed by atoms with Crippen LogP contribution in [0.15, 0.2) is 0 Å². The molecule has 0 aromatic heterocycles. The molecule has 0 aliphatic carbocycles. The summed E-state index contributed by atoms with van der Waals surface area (Å²) in [6.07, 6.45) is 0.726. The molecule has 4 heteroatoms. The molecule has 0 aromatic carbocycles. The number of carboxylic acids is 1. The molecule has 82 valence electrons. The number of nitrogens with zero attached hydrogens (tertiary/aromatic N) is 1. The van der Waals surface area contributed by atoms with Crippen molar-refractivity contribution in [2.24, 2.45) is 0 Å². The molecular formula is C10H19NO3. The molecule has 0 saturated heterocycles. The molecule has 0 radical (unpaired) electrons. The van der Waals surface area contributed by atoms with Crippen LogP contribution in [0.5, 0.6) is 0 Å². The summed E-state index contributed by atoms with van der Waals surface area (Å²) in [7, 11) is 0. The largest absolute Gasteiger partial charge is 0.480 e. The summed E-state index contributed by atoms with van der Waals surface area (Å²) in [6, 6.07) is -0.776. The third-order valence-corrected chi connectivity index (χ3v) is 2.60. The summed E-state index contributed by atoms with van der Waals surface area (Å²) in [5.74, 6) is -1.17. The number of aliphatic carboxylic acids is 1. The summed E-state index contributed by atoms with van der Waals surface area (Å²) in [5.41, 5.74) is -0.413. The Morgan fingerprint density at radius 2 is 1.86 bits per heavy atom. The number of carbonyl (C=O) groups excluding carboxylic acids is 1. The van der Waals surface area contributed by atoms with Crippen LogP contribution in [-0.4, -0.2) is 33.5 Å². The molecule has 0 aliphatic heterocycles. The van der Waals surface area contributed by atoms with Crippen LogP contribution in [0.4, 0.5) is 0 Å². The molecule has 0 bridgehead atoms. The minimum Gasteiger partial charge on any atom is -0.480 e. The minimum atomic E-state index is -0.971. The van der Waals surface area contributed by atoms with E-state index in [1.165, 1.54) is 18.7 Å². The first kappa shape index (κ1) is 12.9. The van der Waals surface area contributed by atoms with E-state index in [1.54, 1.807) is 0 Å². The van der Waals surface area contributed by atoms with E-state index in [1.807, 2.05) is 20.8 Å². The van der Waals surface area contributed by atoms with Crippen LogP contribution in [0.25, 0.3) is 0 Å². The van der Waals surface area contributed by atoms with Crippen molar-refractivity contribution in [3.05, 3.63) is 0 Å². The highest BCUT2D eigenvalue weighted by molar-refractivity contribution is 5.82. The van der Waals surface area contributed by atoms with Gasteiger partial charge in [0.2, 0.25) is 5.91 Å². The number of amides is 1. The number of hydrogen-bond donors (Lipinski definition) is 1. The summed E-state index contributed by atoms with van der Waals surface area (Å²) in [6.45, 7) is 8.60. The van der Waals surface area contributed by atoms with Gasteiger partial charge in [0.05, 0.1) is 0 Å². The summed E-state index contributed by atoms with van der Waals surface area (Å²) < 4.78 is 0. The van der Waals surface area contributed by atoms with Crippen molar-refractivity contribution in [3.8, 4) is 0 Å². The maximum atomic E-state index is 11.4. The fraction of sp³-hybridized carbons (Fsp3) is 0.800. The van der Waals surface area contributed by atoms with Gasteiger partial charge in [-0.3, -0.25) is 4.79 Å². The second-order valence-corrected chi connectivity index (χ2v) is 4.07. The third-order valence-electron chi connectivity index (χ3n) is 2.60. The van der Waals surface area contributed by atoms with Crippen molar-refractivity contribution in [1.29, 1.82) is 0 Å². The number of hydrogen-bond acceptors (Lipinski definition) is 2. The maximum absolute atomic E-state index is 11.4. The van der Waals surface area contributed by atoms with E-state index in [2.05, 4.69) is 0 Å². The van der Waals surface area contributed by atoms with Gasteiger partial charge in [-0.2, -0.15) is 0 Å². The lowest BCUT2D eigenvalue weighted by Crippen LogP contribution is -2.53. The molecule has 1 amide bonds. The van der Waals surface area contributed by atoms with Gasteiger partial charge in [-0.15, -0.1) is 0 Å². The molecule has 0 fully saturated rings. The van der Waals surface area contributed by atoms with Crippen LogP contribution in [0, 0.1) is 0 Å². The Morgan fingerprint density at radius 1 is 1.43 bits per heavy atom. The van der Waals surface area contributed by atoms with Crippen molar-refractivity contribution in [2.75, 3.05) is 0 Å². The standard InChI is InChI=1S/C10H19NO3/c1-6-10(4,5)11(8(3)12)7(2)9(13)14/h7H,6H2,1-5H3,(H,13,14). The van der Waals surface area contributed by atoms with Crippen molar-refractivity contribution >= 4 is 11.9 Å². The summed E-state index contributed by atoms with van der Waals surface area (Å²) in [4.78, 5) is 23.6. The van der Waals surface area contributed by atoms with E-state index >= 15 is 0 Å². The predicted octanol–water partition coefficient (Wildman–Crippen LogP) is 1.50. The monoisotopic (exact) mass is 201 g/mol. The number of rotatable bonds is 4. The van der Waals surface area contributed by atoms with Gasteiger partial charge in [0.15, 0.2) is 0 Å². The van der Waals surface area contributed by atoms with E-state index in [9.17, 15) is 9.59 Å². The quantitative estimate of drug-likeness (QED) is 0.749. The Labute approximate surface area is 84.9 Å². The molecule has 1 unspecified atom stereocenters. The lowest BCUT2D eigenvalue weighted by atomic mass is 9.97. The number of carbonyl (C=O) groups is 2. The van der Waals surface area contributed by atoms with E-state index in [0.717, 1.165) is 6.42 Å². The van der Waals surface area contributed by atoms with Crippen molar-refractivity contribution < 1.29 is 14.7 Å². The topological polar surface area (TPSA) is 57.6 Å². The van der Waals surface area contributed by atoms with Gasteiger partial charge in [-0.1, -0.05) is 6.92 Å².